The largest absolute Gasteiger partial charge is 0.468 e. The minimum atomic E-state index is -0.640. The molecule has 2 rings (SSSR count). The maximum Gasteiger partial charge on any atom is 0.325 e. The molecule has 10 nitrogen and oxygen atoms in total. The zero-order chi connectivity index (χ0) is 31.8. The summed E-state index contributed by atoms with van der Waals surface area (Å²) in [5.74, 6) is -0.575. The van der Waals surface area contributed by atoms with Crippen molar-refractivity contribution in [1.82, 2.24) is 24.9 Å². The first-order valence-electron chi connectivity index (χ1n) is 15.4. The summed E-state index contributed by atoms with van der Waals surface area (Å²) in [4.78, 5) is 56.4. The Bertz CT molecular complexity index is 779. The van der Waals surface area contributed by atoms with Gasteiger partial charge in [-0.2, -0.15) is 0 Å². The number of piperidine rings is 1. The number of hydrogen-bond donors (Lipinski definition) is 1. The lowest BCUT2D eigenvalue weighted by Crippen LogP contribution is -2.58. The predicted octanol–water partition coefficient (Wildman–Crippen LogP) is 3.24. The van der Waals surface area contributed by atoms with Crippen molar-refractivity contribution in [3.05, 3.63) is 0 Å². The molecular formula is C31H61N5O5. The highest BCUT2D eigenvalue weighted by Crippen LogP contribution is 2.25. The Kier molecular flexibility index (Phi) is 18.8. The molecule has 2 heterocycles. The zero-order valence-corrected chi connectivity index (χ0v) is 28.0. The average Bonchev–Trinajstić information content (AvgIpc) is 3.37. The van der Waals surface area contributed by atoms with E-state index in [0.717, 1.165) is 13.0 Å². The molecule has 0 bridgehead atoms. The predicted molar refractivity (Wildman–Crippen MR) is 165 cm³/mol. The van der Waals surface area contributed by atoms with Crippen molar-refractivity contribution in [2.45, 2.75) is 105 Å². The second-order valence-electron chi connectivity index (χ2n) is 12.8. The molecule has 3 amide bonds. The van der Waals surface area contributed by atoms with Crippen molar-refractivity contribution in [1.29, 1.82) is 0 Å². The lowest BCUT2D eigenvalue weighted by molar-refractivity contribution is -0.148. The smallest absolute Gasteiger partial charge is 0.325 e. The van der Waals surface area contributed by atoms with Crippen molar-refractivity contribution < 1.29 is 23.9 Å². The molecule has 0 saturated carbocycles. The summed E-state index contributed by atoms with van der Waals surface area (Å²) in [6.45, 7) is 17.9. The number of nitrogens with one attached hydrogen (secondary N) is 1. The van der Waals surface area contributed by atoms with Gasteiger partial charge in [-0.3, -0.25) is 24.1 Å². The Balaban J connectivity index is 0.00000134. The number of carbonyl (C=O) groups excluding carboxylic acids is 4. The van der Waals surface area contributed by atoms with Crippen LogP contribution < -0.4 is 5.32 Å². The number of amides is 3. The standard InChI is InChI=1S/C22H40N4O5.C6H13N.C3H8/c1-15(2)17(25(7)21(30)19(23-14-27)22(3,4)5)12-26-11-9-10-16(26)20(29)24(6)13-18(28)31-8;1-7-5-3-2-4-6-7;1-3-2/h14-17,19H,9-13H2,1-8H3,(H,23,27);2-6H2,1H3;3H2,1-2H3/t16-,17+,19+;;/m0../s1. The molecule has 240 valence electrons. The fourth-order valence-electron chi connectivity index (χ4n) is 5.11. The molecule has 2 fully saturated rings. The van der Waals surface area contributed by atoms with Crippen LogP contribution >= 0.6 is 0 Å². The van der Waals surface area contributed by atoms with Gasteiger partial charge >= 0.3 is 5.97 Å². The molecule has 2 aliphatic heterocycles. The Morgan fingerprint density at radius 1 is 1.02 bits per heavy atom. The van der Waals surface area contributed by atoms with E-state index in [1.54, 1.807) is 19.0 Å². The van der Waals surface area contributed by atoms with Gasteiger partial charge in [-0.05, 0) is 63.7 Å². The van der Waals surface area contributed by atoms with Crippen LogP contribution in [0.15, 0.2) is 0 Å². The lowest BCUT2D eigenvalue weighted by Gasteiger charge is -2.40. The number of nitrogens with zero attached hydrogens (tertiary/aromatic N) is 4. The quantitative estimate of drug-likeness (QED) is 0.311. The summed E-state index contributed by atoms with van der Waals surface area (Å²) in [5.41, 5.74) is -0.434. The highest BCUT2D eigenvalue weighted by Gasteiger charge is 2.39. The van der Waals surface area contributed by atoms with E-state index in [4.69, 9.17) is 0 Å². The van der Waals surface area contributed by atoms with Crippen LogP contribution in [0.2, 0.25) is 0 Å². The van der Waals surface area contributed by atoms with E-state index in [9.17, 15) is 19.2 Å². The van der Waals surface area contributed by atoms with E-state index in [1.807, 2.05) is 34.6 Å². The maximum atomic E-state index is 13.2. The maximum absolute atomic E-state index is 13.2. The van der Waals surface area contributed by atoms with Crippen molar-refractivity contribution >= 4 is 24.2 Å². The molecule has 1 N–H and O–H groups in total. The number of likely N-dealkylation sites (tertiary alicyclic amines) is 2. The molecule has 0 unspecified atom stereocenters. The number of carbonyl (C=O) groups is 4. The van der Waals surface area contributed by atoms with Gasteiger partial charge in [0.05, 0.1) is 13.2 Å². The molecule has 0 aromatic heterocycles. The van der Waals surface area contributed by atoms with Crippen molar-refractivity contribution in [2.24, 2.45) is 11.3 Å². The third-order valence-corrected chi connectivity index (χ3v) is 7.58. The minimum absolute atomic E-state index is 0.0870. The fraction of sp³-hybridized carbons (Fsp3) is 0.871. The van der Waals surface area contributed by atoms with Crippen LogP contribution in [0.5, 0.6) is 0 Å². The summed E-state index contributed by atoms with van der Waals surface area (Å²) in [5, 5.41) is 2.67. The van der Waals surface area contributed by atoms with Crippen LogP contribution in [-0.2, 0) is 23.9 Å². The number of hydrogen-bond acceptors (Lipinski definition) is 7. The van der Waals surface area contributed by atoms with Crippen LogP contribution in [0.4, 0.5) is 0 Å². The van der Waals surface area contributed by atoms with Gasteiger partial charge in [0.2, 0.25) is 18.2 Å². The minimum Gasteiger partial charge on any atom is -0.468 e. The van der Waals surface area contributed by atoms with Gasteiger partial charge in [-0.25, -0.2) is 0 Å². The second kappa shape index (κ2) is 19.8. The number of likely N-dealkylation sites (N-methyl/N-ethyl adjacent to an activating group) is 2. The van der Waals surface area contributed by atoms with Crippen molar-refractivity contribution in [2.75, 3.05) is 61.0 Å². The topological polar surface area (TPSA) is 102 Å². The van der Waals surface area contributed by atoms with Gasteiger partial charge in [0.1, 0.15) is 12.6 Å². The Hall–Kier alpha value is -2.20. The summed E-state index contributed by atoms with van der Waals surface area (Å²) in [6, 6.07) is -1.10. The lowest BCUT2D eigenvalue weighted by atomic mass is 9.85. The summed E-state index contributed by atoms with van der Waals surface area (Å²) < 4.78 is 4.66. The van der Waals surface area contributed by atoms with Crippen LogP contribution in [0.3, 0.4) is 0 Å². The molecular weight excluding hydrogens is 522 g/mol. The number of esters is 1. The van der Waals surface area contributed by atoms with Crippen LogP contribution in [-0.4, -0.2) is 123 Å². The number of rotatable bonds is 10. The second-order valence-corrected chi connectivity index (χ2v) is 12.8. The monoisotopic (exact) mass is 583 g/mol. The SMILES string of the molecule is CCC.CN1CCCCC1.COC(=O)CN(C)C(=O)[C@@H]1CCCN1C[C@H](C(C)C)N(C)C(=O)[C@@H](NC=O)C(C)(C)C. The summed E-state index contributed by atoms with van der Waals surface area (Å²) >= 11 is 0. The van der Waals surface area contributed by atoms with Gasteiger partial charge in [0.25, 0.3) is 0 Å². The molecule has 2 aliphatic rings. The van der Waals surface area contributed by atoms with E-state index in [-0.39, 0.29) is 36.4 Å². The van der Waals surface area contributed by atoms with Crippen LogP contribution in [0, 0.1) is 11.3 Å². The highest BCUT2D eigenvalue weighted by molar-refractivity contribution is 5.86. The van der Waals surface area contributed by atoms with Gasteiger partial charge in [-0.15, -0.1) is 0 Å². The van der Waals surface area contributed by atoms with Gasteiger partial charge < -0.3 is 24.8 Å². The third-order valence-electron chi connectivity index (χ3n) is 7.58. The van der Waals surface area contributed by atoms with E-state index >= 15 is 0 Å². The Labute approximate surface area is 250 Å². The molecule has 41 heavy (non-hydrogen) atoms. The molecule has 0 aromatic rings. The first-order chi connectivity index (χ1) is 19.2. The van der Waals surface area contributed by atoms with Gasteiger partial charge in [-0.1, -0.05) is 61.3 Å². The van der Waals surface area contributed by atoms with Gasteiger partial charge in [0, 0.05) is 26.7 Å². The van der Waals surface area contributed by atoms with Crippen LogP contribution in [0.1, 0.15) is 87.0 Å². The van der Waals surface area contributed by atoms with Crippen molar-refractivity contribution in [3.8, 4) is 0 Å². The first-order valence-corrected chi connectivity index (χ1v) is 15.4. The number of ether oxygens (including phenoxy) is 1. The molecule has 0 spiro atoms. The van der Waals surface area contributed by atoms with E-state index in [1.165, 1.54) is 50.8 Å². The van der Waals surface area contributed by atoms with E-state index < -0.39 is 17.4 Å². The van der Waals surface area contributed by atoms with Crippen LogP contribution in [0.25, 0.3) is 0 Å². The molecule has 10 heteroatoms. The molecule has 0 aliphatic carbocycles. The summed E-state index contributed by atoms with van der Waals surface area (Å²) in [6.07, 6.45) is 7.68. The first kappa shape index (κ1) is 38.8. The van der Waals surface area contributed by atoms with E-state index in [0.29, 0.717) is 19.4 Å². The average molecular weight is 584 g/mol. The molecule has 3 atom stereocenters. The fourth-order valence-corrected chi connectivity index (χ4v) is 5.11. The third kappa shape index (κ3) is 14.0. The molecule has 2 saturated heterocycles. The molecule has 0 aromatic carbocycles. The highest BCUT2D eigenvalue weighted by atomic mass is 16.5. The van der Waals surface area contributed by atoms with Crippen molar-refractivity contribution in [3.63, 3.8) is 0 Å². The van der Waals surface area contributed by atoms with E-state index in [2.05, 4.69) is 40.7 Å². The van der Waals surface area contributed by atoms with Gasteiger partial charge in [0.15, 0.2) is 0 Å². The molecule has 0 radical (unpaired) electrons. The summed E-state index contributed by atoms with van der Waals surface area (Å²) in [7, 11) is 6.85. The zero-order valence-electron chi connectivity index (χ0n) is 28.0. The normalized spacial score (nSPS) is 19.1. The Morgan fingerprint density at radius 3 is 2.00 bits per heavy atom. The number of methoxy groups -OCH3 is 1. The Morgan fingerprint density at radius 2 is 1.59 bits per heavy atom.